The molecule has 0 aliphatic heterocycles. The topological polar surface area (TPSA) is 12.4 Å². The Bertz CT molecular complexity index is 121. The Labute approximate surface area is 64.2 Å². The van der Waals surface area contributed by atoms with Crippen LogP contribution in [0.15, 0.2) is 29.4 Å². The summed E-state index contributed by atoms with van der Waals surface area (Å²) in [5.74, 6) is 0. The molecule has 0 aliphatic rings. The average Bonchev–Trinajstić information content (AvgIpc) is 1.93. The maximum atomic E-state index is 3.98. The van der Waals surface area contributed by atoms with Crippen LogP contribution in [0, 0.1) is 0 Å². The molecule has 0 saturated carbocycles. The lowest BCUT2D eigenvalue weighted by Crippen LogP contribution is -1.65. The van der Waals surface area contributed by atoms with Crippen LogP contribution in [-0.4, -0.2) is 6.21 Å². The predicted molar refractivity (Wildman–Crippen MR) is 49.5 cm³/mol. The molecule has 0 heterocycles. The van der Waals surface area contributed by atoms with Gasteiger partial charge in [-0.3, -0.25) is 4.99 Å². The zero-order chi connectivity index (χ0) is 8.41. The van der Waals surface area contributed by atoms with Crippen molar-refractivity contribution in [2.24, 2.45) is 4.99 Å². The molecular weight excluding hydrogens is 122 g/mol. The highest BCUT2D eigenvalue weighted by Crippen LogP contribution is 1.91. The normalized spacial score (nSPS) is 10.6. The van der Waals surface area contributed by atoms with E-state index in [2.05, 4.69) is 11.6 Å². The van der Waals surface area contributed by atoms with Crippen LogP contribution in [0.1, 0.15) is 27.7 Å². The monoisotopic (exact) mass is 139 g/mol. The van der Waals surface area contributed by atoms with Gasteiger partial charge in [-0.1, -0.05) is 26.5 Å². The summed E-state index contributed by atoms with van der Waals surface area (Å²) in [6, 6.07) is 0. The van der Waals surface area contributed by atoms with Gasteiger partial charge >= 0.3 is 0 Å². The zero-order valence-electron chi connectivity index (χ0n) is 7.39. The minimum atomic E-state index is 0.988. The fourth-order valence-electron chi connectivity index (χ4n) is 0.417. The first-order chi connectivity index (χ1) is 4.81. The van der Waals surface area contributed by atoms with Gasteiger partial charge in [0.1, 0.15) is 0 Å². The highest BCUT2D eigenvalue weighted by atomic mass is 14.7. The second kappa shape index (κ2) is 11.0. The molecule has 0 fully saturated rings. The summed E-state index contributed by atoms with van der Waals surface area (Å²) in [6.07, 6.45) is 5.34. The van der Waals surface area contributed by atoms with Gasteiger partial charge in [0.05, 0.1) is 0 Å². The van der Waals surface area contributed by atoms with Gasteiger partial charge in [0.25, 0.3) is 0 Å². The molecule has 0 aromatic carbocycles. The van der Waals surface area contributed by atoms with Gasteiger partial charge in [0, 0.05) is 11.9 Å². The molecule has 0 aromatic rings. The summed E-state index contributed by atoms with van der Waals surface area (Å²) in [6.45, 7) is 11.4. The lowest BCUT2D eigenvalue weighted by molar-refractivity contribution is 1.31. The minimum absolute atomic E-state index is 0.988. The summed E-state index contributed by atoms with van der Waals surface area (Å²) in [5.41, 5.74) is 0.988. The number of hydrogen-bond acceptors (Lipinski definition) is 1. The molecule has 0 unspecified atom stereocenters. The lowest BCUT2D eigenvalue weighted by Gasteiger charge is -1.83. The standard InChI is InChI=1S/C7H11N.C2H6/c1-4-6-7(3)8-5-2;1-2/h4-6H,1H2,2-3H3;1-2H3/b7-6-,8-5?;. The van der Waals surface area contributed by atoms with E-state index in [1.165, 1.54) is 0 Å². The van der Waals surface area contributed by atoms with Crippen LogP contribution in [-0.2, 0) is 0 Å². The van der Waals surface area contributed by atoms with Gasteiger partial charge < -0.3 is 0 Å². The predicted octanol–water partition coefficient (Wildman–Crippen LogP) is 3.19. The molecule has 0 bridgehead atoms. The first-order valence-corrected chi connectivity index (χ1v) is 3.59. The van der Waals surface area contributed by atoms with Crippen LogP contribution >= 0.6 is 0 Å². The second-order valence-electron chi connectivity index (χ2n) is 1.43. The first-order valence-electron chi connectivity index (χ1n) is 3.59. The minimum Gasteiger partial charge on any atom is -0.266 e. The van der Waals surface area contributed by atoms with Crippen LogP contribution in [0.2, 0.25) is 0 Å². The van der Waals surface area contributed by atoms with Crippen molar-refractivity contribution >= 4 is 6.21 Å². The first kappa shape index (κ1) is 11.9. The molecule has 0 atom stereocenters. The smallest absolute Gasteiger partial charge is 0.0368 e. The summed E-state index contributed by atoms with van der Waals surface area (Å²) >= 11 is 0. The van der Waals surface area contributed by atoms with E-state index in [4.69, 9.17) is 0 Å². The van der Waals surface area contributed by atoms with Crippen LogP contribution in [0.4, 0.5) is 0 Å². The molecule has 1 nitrogen and oxygen atoms in total. The van der Waals surface area contributed by atoms with E-state index in [-0.39, 0.29) is 0 Å². The van der Waals surface area contributed by atoms with E-state index in [9.17, 15) is 0 Å². The van der Waals surface area contributed by atoms with Gasteiger partial charge in [-0.05, 0) is 19.9 Å². The molecular formula is C9H17N. The van der Waals surface area contributed by atoms with E-state index < -0.39 is 0 Å². The molecule has 0 saturated heterocycles. The quantitative estimate of drug-likeness (QED) is 0.411. The zero-order valence-corrected chi connectivity index (χ0v) is 7.39. The number of hydrogen-bond donors (Lipinski definition) is 0. The maximum Gasteiger partial charge on any atom is 0.0368 e. The summed E-state index contributed by atoms with van der Waals surface area (Å²) < 4.78 is 0. The van der Waals surface area contributed by atoms with Crippen LogP contribution in [0.3, 0.4) is 0 Å². The third-order valence-electron chi connectivity index (χ3n) is 0.692. The summed E-state index contributed by atoms with van der Waals surface area (Å²) in [7, 11) is 0. The Morgan fingerprint density at radius 3 is 2.20 bits per heavy atom. The average molecular weight is 139 g/mol. The van der Waals surface area contributed by atoms with Gasteiger partial charge in [-0.25, -0.2) is 0 Å². The lowest BCUT2D eigenvalue weighted by atomic mass is 10.4. The maximum absolute atomic E-state index is 3.98. The largest absolute Gasteiger partial charge is 0.266 e. The fraction of sp³-hybridized carbons (Fsp3) is 0.444. The number of allylic oxidation sites excluding steroid dienone is 3. The van der Waals surface area contributed by atoms with E-state index in [0.717, 1.165) is 5.70 Å². The molecule has 58 valence electrons. The number of aliphatic imine (C=N–C) groups is 1. The molecule has 0 aliphatic carbocycles. The van der Waals surface area contributed by atoms with Gasteiger partial charge in [-0.15, -0.1) is 0 Å². The van der Waals surface area contributed by atoms with E-state index in [1.54, 1.807) is 12.3 Å². The van der Waals surface area contributed by atoms with Gasteiger partial charge in [-0.2, -0.15) is 0 Å². The molecule has 0 spiro atoms. The highest BCUT2D eigenvalue weighted by Gasteiger charge is 1.72. The highest BCUT2D eigenvalue weighted by molar-refractivity contribution is 5.55. The molecule has 10 heavy (non-hydrogen) atoms. The molecule has 0 N–H and O–H groups in total. The molecule has 0 radical (unpaired) electrons. The van der Waals surface area contributed by atoms with E-state index in [0.29, 0.717) is 0 Å². The Hall–Kier alpha value is -0.850. The van der Waals surface area contributed by atoms with Crippen molar-refractivity contribution in [2.45, 2.75) is 27.7 Å². The van der Waals surface area contributed by atoms with E-state index >= 15 is 0 Å². The second-order valence-corrected chi connectivity index (χ2v) is 1.43. The SMILES string of the molecule is C=C/C=C(/C)N=CC.CC. The molecule has 0 aromatic heterocycles. The van der Waals surface area contributed by atoms with E-state index in [1.807, 2.05) is 33.8 Å². The summed E-state index contributed by atoms with van der Waals surface area (Å²) in [4.78, 5) is 3.98. The number of nitrogens with zero attached hydrogens (tertiary/aromatic N) is 1. The summed E-state index contributed by atoms with van der Waals surface area (Å²) in [5, 5.41) is 0. The van der Waals surface area contributed by atoms with Crippen molar-refractivity contribution in [3.63, 3.8) is 0 Å². The third kappa shape index (κ3) is 10.2. The Kier molecular flexibility index (Phi) is 13.1. The van der Waals surface area contributed by atoms with Gasteiger partial charge in [0.2, 0.25) is 0 Å². The van der Waals surface area contributed by atoms with Crippen molar-refractivity contribution in [1.82, 2.24) is 0 Å². The Morgan fingerprint density at radius 1 is 1.40 bits per heavy atom. The van der Waals surface area contributed by atoms with Crippen molar-refractivity contribution in [1.29, 1.82) is 0 Å². The Morgan fingerprint density at radius 2 is 1.90 bits per heavy atom. The van der Waals surface area contributed by atoms with Crippen molar-refractivity contribution in [3.8, 4) is 0 Å². The van der Waals surface area contributed by atoms with Crippen molar-refractivity contribution in [3.05, 3.63) is 24.4 Å². The molecule has 0 rings (SSSR count). The van der Waals surface area contributed by atoms with Crippen molar-refractivity contribution < 1.29 is 0 Å². The van der Waals surface area contributed by atoms with Crippen LogP contribution in [0.25, 0.3) is 0 Å². The molecule has 0 amide bonds. The third-order valence-corrected chi connectivity index (χ3v) is 0.692. The van der Waals surface area contributed by atoms with Gasteiger partial charge in [0.15, 0.2) is 0 Å². The Balaban J connectivity index is 0. The van der Waals surface area contributed by atoms with Crippen LogP contribution in [0.5, 0.6) is 0 Å². The number of rotatable bonds is 2. The van der Waals surface area contributed by atoms with Crippen LogP contribution < -0.4 is 0 Å². The van der Waals surface area contributed by atoms with Crippen molar-refractivity contribution in [2.75, 3.05) is 0 Å². The fourth-order valence-corrected chi connectivity index (χ4v) is 0.417. The molecule has 1 heteroatoms.